The van der Waals surface area contributed by atoms with Crippen molar-refractivity contribution in [2.24, 2.45) is 0 Å². The van der Waals surface area contributed by atoms with Crippen molar-refractivity contribution in [1.82, 2.24) is 0 Å². The maximum absolute atomic E-state index is 10.9. The van der Waals surface area contributed by atoms with Gasteiger partial charge in [0.1, 0.15) is 10.7 Å². The molecular weight excluding hydrogens is 294 g/mol. The van der Waals surface area contributed by atoms with Crippen LogP contribution in [0.25, 0.3) is 0 Å². The summed E-state index contributed by atoms with van der Waals surface area (Å²) >= 11 is 5.15. The number of hydrogen-bond donors (Lipinski definition) is 1. The third-order valence-electron chi connectivity index (χ3n) is 2.69. The fourth-order valence-electron chi connectivity index (χ4n) is 1.67. The molecule has 0 fully saturated rings. The lowest BCUT2D eigenvalue weighted by Gasteiger charge is -2.08. The van der Waals surface area contributed by atoms with Gasteiger partial charge in [0.25, 0.3) is 11.4 Å². The van der Waals surface area contributed by atoms with Crippen LogP contribution in [0.1, 0.15) is 5.56 Å². The summed E-state index contributed by atoms with van der Waals surface area (Å²) in [7, 11) is 0. The molecule has 0 saturated carbocycles. The monoisotopic (exact) mass is 303 g/mol. The molecule has 0 spiro atoms. The Balaban J connectivity index is 2.22. The smallest absolute Gasteiger partial charge is 0.292 e. The Bertz CT molecular complexity index is 716. The van der Waals surface area contributed by atoms with Crippen LogP contribution in [0, 0.1) is 20.2 Å². The first-order valence-electron chi connectivity index (χ1n) is 5.78. The van der Waals surface area contributed by atoms with Crippen molar-refractivity contribution < 1.29 is 9.85 Å². The molecule has 2 aromatic carbocycles. The van der Waals surface area contributed by atoms with Crippen molar-refractivity contribution in [3.63, 3.8) is 0 Å². The van der Waals surface area contributed by atoms with Gasteiger partial charge < -0.3 is 5.32 Å². The van der Waals surface area contributed by atoms with Gasteiger partial charge in [-0.3, -0.25) is 20.2 Å². The molecule has 0 aliphatic heterocycles. The Morgan fingerprint density at radius 1 is 0.952 bits per heavy atom. The molecule has 0 aliphatic rings. The Morgan fingerprint density at radius 2 is 1.57 bits per heavy atom. The maximum Gasteiger partial charge on any atom is 0.292 e. The van der Waals surface area contributed by atoms with Crippen molar-refractivity contribution in [3.05, 3.63) is 74.3 Å². The Labute approximate surface area is 124 Å². The lowest BCUT2D eigenvalue weighted by molar-refractivity contribution is -0.384. The van der Waals surface area contributed by atoms with Crippen LogP contribution < -0.4 is 5.32 Å². The van der Waals surface area contributed by atoms with E-state index in [2.05, 4.69) is 5.32 Å². The van der Waals surface area contributed by atoms with Gasteiger partial charge in [-0.1, -0.05) is 24.4 Å². The summed E-state index contributed by atoms with van der Waals surface area (Å²) in [6.07, 6.45) is 0. The van der Waals surface area contributed by atoms with Gasteiger partial charge in [0.2, 0.25) is 0 Å². The number of nitro benzene ring substituents is 2. The van der Waals surface area contributed by atoms with Crippen LogP contribution >= 0.6 is 12.2 Å². The van der Waals surface area contributed by atoms with Crippen LogP contribution in [0.4, 0.5) is 17.1 Å². The van der Waals surface area contributed by atoms with E-state index in [0.717, 1.165) is 0 Å². The minimum atomic E-state index is -0.513. The second-order valence-corrected chi connectivity index (χ2v) is 4.44. The zero-order valence-corrected chi connectivity index (χ0v) is 11.4. The molecule has 21 heavy (non-hydrogen) atoms. The van der Waals surface area contributed by atoms with Crippen molar-refractivity contribution in [3.8, 4) is 0 Å². The van der Waals surface area contributed by atoms with Crippen molar-refractivity contribution in [1.29, 1.82) is 0 Å². The highest BCUT2D eigenvalue weighted by Gasteiger charge is 2.14. The van der Waals surface area contributed by atoms with Gasteiger partial charge >= 0.3 is 0 Å². The minimum Gasteiger partial charge on any atom is -0.340 e. The molecule has 0 aromatic heterocycles. The van der Waals surface area contributed by atoms with E-state index in [-0.39, 0.29) is 22.1 Å². The highest BCUT2D eigenvalue weighted by molar-refractivity contribution is 7.81. The van der Waals surface area contributed by atoms with Crippen molar-refractivity contribution in [2.45, 2.75) is 0 Å². The first kappa shape index (κ1) is 14.5. The molecule has 0 aliphatic carbocycles. The number of para-hydroxylation sites is 2. The molecule has 8 heteroatoms. The van der Waals surface area contributed by atoms with Crippen LogP contribution in [0.2, 0.25) is 0 Å². The normalized spacial score (nSPS) is 9.90. The fourth-order valence-corrected chi connectivity index (χ4v) is 1.91. The number of nitrogens with one attached hydrogen (secondary N) is 1. The van der Waals surface area contributed by atoms with Gasteiger partial charge in [-0.15, -0.1) is 0 Å². The molecule has 0 unspecified atom stereocenters. The Kier molecular flexibility index (Phi) is 4.19. The van der Waals surface area contributed by atoms with Gasteiger partial charge in [0.15, 0.2) is 0 Å². The summed E-state index contributed by atoms with van der Waals surface area (Å²) in [5.74, 6) is 0. The maximum atomic E-state index is 10.9. The van der Waals surface area contributed by atoms with Crippen LogP contribution in [0.5, 0.6) is 0 Å². The standard InChI is InChI=1S/C13H9N3O4S/c17-15(18)10-7-5-9(6-8-10)13(21)14-11-3-1-2-4-12(11)16(19)20/h1-8H,(H,14,21). The van der Waals surface area contributed by atoms with Crippen LogP contribution in [0.3, 0.4) is 0 Å². The number of benzene rings is 2. The van der Waals surface area contributed by atoms with E-state index in [9.17, 15) is 20.2 Å². The third kappa shape index (κ3) is 3.37. The molecule has 0 amide bonds. The highest BCUT2D eigenvalue weighted by atomic mass is 32.1. The van der Waals surface area contributed by atoms with Gasteiger partial charge in [-0.2, -0.15) is 0 Å². The SMILES string of the molecule is O=[N+]([O-])c1ccc(C(=S)Nc2ccccc2[N+](=O)[O-])cc1. The van der Waals surface area contributed by atoms with Crippen LogP contribution in [-0.4, -0.2) is 14.8 Å². The largest absolute Gasteiger partial charge is 0.340 e. The zero-order chi connectivity index (χ0) is 15.4. The van der Waals surface area contributed by atoms with Crippen molar-refractivity contribution >= 4 is 34.3 Å². The number of rotatable bonds is 4. The highest BCUT2D eigenvalue weighted by Crippen LogP contribution is 2.24. The van der Waals surface area contributed by atoms with E-state index in [1.54, 1.807) is 12.1 Å². The predicted molar refractivity (Wildman–Crippen MR) is 81.5 cm³/mol. The zero-order valence-electron chi connectivity index (χ0n) is 10.6. The molecule has 0 heterocycles. The number of nitrogens with zero attached hydrogens (tertiary/aromatic N) is 2. The van der Waals surface area contributed by atoms with Crippen molar-refractivity contribution in [2.75, 3.05) is 5.32 Å². The number of nitro groups is 2. The fraction of sp³-hybridized carbons (Fsp3) is 0. The third-order valence-corrected chi connectivity index (χ3v) is 3.03. The molecule has 1 N–H and O–H groups in total. The Hall–Kier alpha value is -2.87. The molecule has 0 radical (unpaired) electrons. The van der Waals surface area contributed by atoms with Gasteiger partial charge in [-0.05, 0) is 18.2 Å². The summed E-state index contributed by atoms with van der Waals surface area (Å²) in [6.45, 7) is 0. The van der Waals surface area contributed by atoms with Crippen LogP contribution in [0.15, 0.2) is 48.5 Å². The van der Waals surface area contributed by atoms with E-state index >= 15 is 0 Å². The molecular formula is C13H9N3O4S. The number of thiocarbonyl (C=S) groups is 1. The molecule has 0 atom stereocenters. The van der Waals surface area contributed by atoms with Gasteiger partial charge in [-0.25, -0.2) is 0 Å². The average Bonchev–Trinajstić information content (AvgIpc) is 2.47. The summed E-state index contributed by atoms with van der Waals surface area (Å²) in [4.78, 5) is 20.7. The quantitative estimate of drug-likeness (QED) is 0.528. The van der Waals surface area contributed by atoms with Gasteiger partial charge in [0.05, 0.1) is 9.85 Å². The summed E-state index contributed by atoms with van der Waals surface area (Å²) in [5.41, 5.74) is 0.661. The summed E-state index contributed by atoms with van der Waals surface area (Å²) in [5, 5.41) is 24.3. The summed E-state index contributed by atoms with van der Waals surface area (Å²) < 4.78 is 0. The Morgan fingerprint density at radius 3 is 2.14 bits per heavy atom. The van der Waals surface area contributed by atoms with E-state index < -0.39 is 9.85 Å². The molecule has 2 aromatic rings. The number of anilines is 1. The second-order valence-electron chi connectivity index (χ2n) is 4.03. The average molecular weight is 303 g/mol. The molecule has 106 valence electrons. The first-order chi connectivity index (χ1) is 9.99. The second kappa shape index (κ2) is 6.06. The minimum absolute atomic E-state index is 0.0489. The predicted octanol–water partition coefficient (Wildman–Crippen LogP) is 3.29. The van der Waals surface area contributed by atoms with E-state index in [0.29, 0.717) is 5.56 Å². The topological polar surface area (TPSA) is 98.3 Å². The molecule has 0 bridgehead atoms. The molecule has 7 nitrogen and oxygen atoms in total. The number of non-ortho nitro benzene ring substituents is 1. The lowest BCUT2D eigenvalue weighted by atomic mass is 10.2. The molecule has 2 rings (SSSR count). The molecule has 0 saturated heterocycles. The van der Waals surface area contributed by atoms with E-state index in [1.165, 1.54) is 36.4 Å². The lowest BCUT2D eigenvalue weighted by Crippen LogP contribution is -2.11. The first-order valence-corrected chi connectivity index (χ1v) is 6.19. The number of hydrogen-bond acceptors (Lipinski definition) is 5. The van der Waals surface area contributed by atoms with E-state index in [1.807, 2.05) is 0 Å². The van der Waals surface area contributed by atoms with Crippen LogP contribution in [-0.2, 0) is 0 Å². The van der Waals surface area contributed by atoms with Gasteiger partial charge in [0, 0.05) is 23.8 Å². The van der Waals surface area contributed by atoms with E-state index in [4.69, 9.17) is 12.2 Å². The summed E-state index contributed by atoms with van der Waals surface area (Å²) in [6, 6.07) is 11.7.